The first-order chi connectivity index (χ1) is 8.15. The summed E-state index contributed by atoms with van der Waals surface area (Å²) in [4.78, 5) is 10.7. The Morgan fingerprint density at radius 3 is 2.94 bits per heavy atom. The fraction of sp³-hybridized carbons (Fsp3) is 0.333. The predicted octanol–water partition coefficient (Wildman–Crippen LogP) is 3.54. The first-order valence-electron chi connectivity index (χ1n) is 5.42. The summed E-state index contributed by atoms with van der Waals surface area (Å²) in [5.74, 6) is 0.697. The van der Waals surface area contributed by atoms with Crippen LogP contribution in [0.25, 0.3) is 0 Å². The highest BCUT2D eigenvalue weighted by Gasteiger charge is 2.08. The quantitative estimate of drug-likeness (QED) is 0.921. The standard InChI is InChI=1S/C12H14ClN3S/c1-8(5-10-4-3-9(2)17-10)16-12-11(13)6-14-7-15-12/h3-4,6-8H,5H2,1-2H3,(H,14,15,16). The molecule has 0 bridgehead atoms. The van der Waals surface area contributed by atoms with Crippen molar-refractivity contribution in [2.24, 2.45) is 0 Å². The van der Waals surface area contributed by atoms with Gasteiger partial charge in [0.1, 0.15) is 17.2 Å². The first-order valence-corrected chi connectivity index (χ1v) is 6.62. The van der Waals surface area contributed by atoms with Gasteiger partial charge in [0.15, 0.2) is 0 Å². The molecule has 1 atom stereocenters. The maximum atomic E-state index is 5.99. The van der Waals surface area contributed by atoms with E-state index >= 15 is 0 Å². The number of anilines is 1. The van der Waals surface area contributed by atoms with Crippen molar-refractivity contribution >= 4 is 28.8 Å². The Hall–Kier alpha value is -1.13. The predicted molar refractivity (Wildman–Crippen MR) is 72.9 cm³/mol. The van der Waals surface area contributed by atoms with Gasteiger partial charge in [-0.3, -0.25) is 0 Å². The molecule has 2 heterocycles. The topological polar surface area (TPSA) is 37.8 Å². The minimum atomic E-state index is 0.292. The van der Waals surface area contributed by atoms with E-state index in [0.717, 1.165) is 6.42 Å². The average molecular weight is 268 g/mol. The normalized spacial score (nSPS) is 12.4. The van der Waals surface area contributed by atoms with Gasteiger partial charge in [0, 0.05) is 22.2 Å². The van der Waals surface area contributed by atoms with Crippen LogP contribution in [0.2, 0.25) is 5.02 Å². The van der Waals surface area contributed by atoms with Gasteiger partial charge in [-0.25, -0.2) is 9.97 Å². The lowest BCUT2D eigenvalue weighted by molar-refractivity contribution is 0.793. The molecular weight excluding hydrogens is 254 g/mol. The number of hydrogen-bond acceptors (Lipinski definition) is 4. The number of rotatable bonds is 4. The van der Waals surface area contributed by atoms with E-state index in [0.29, 0.717) is 16.9 Å². The highest BCUT2D eigenvalue weighted by Crippen LogP contribution is 2.20. The lowest BCUT2D eigenvalue weighted by Gasteiger charge is -2.14. The molecule has 5 heteroatoms. The van der Waals surface area contributed by atoms with E-state index in [-0.39, 0.29) is 0 Å². The molecule has 0 radical (unpaired) electrons. The molecular formula is C12H14ClN3S. The second kappa shape index (κ2) is 5.47. The number of halogens is 1. The van der Waals surface area contributed by atoms with Gasteiger partial charge in [0.05, 0.1) is 6.20 Å². The van der Waals surface area contributed by atoms with Gasteiger partial charge in [0.2, 0.25) is 0 Å². The van der Waals surface area contributed by atoms with E-state index < -0.39 is 0 Å². The Balaban J connectivity index is 1.98. The second-order valence-electron chi connectivity index (χ2n) is 3.98. The summed E-state index contributed by atoms with van der Waals surface area (Å²) < 4.78 is 0. The van der Waals surface area contributed by atoms with E-state index in [1.54, 1.807) is 6.20 Å². The zero-order chi connectivity index (χ0) is 12.3. The van der Waals surface area contributed by atoms with E-state index in [1.165, 1.54) is 16.1 Å². The van der Waals surface area contributed by atoms with Crippen molar-refractivity contribution < 1.29 is 0 Å². The Morgan fingerprint density at radius 2 is 2.29 bits per heavy atom. The van der Waals surface area contributed by atoms with Gasteiger partial charge in [-0.2, -0.15) is 0 Å². The first kappa shape index (κ1) is 12.3. The molecule has 90 valence electrons. The van der Waals surface area contributed by atoms with Crippen LogP contribution >= 0.6 is 22.9 Å². The highest BCUT2D eigenvalue weighted by atomic mass is 35.5. The lowest BCUT2D eigenvalue weighted by Crippen LogP contribution is -2.18. The largest absolute Gasteiger partial charge is 0.366 e. The van der Waals surface area contributed by atoms with Crippen molar-refractivity contribution in [2.45, 2.75) is 26.3 Å². The molecule has 0 saturated heterocycles. The molecule has 1 N–H and O–H groups in total. The summed E-state index contributed by atoms with van der Waals surface area (Å²) in [7, 11) is 0. The molecule has 3 nitrogen and oxygen atoms in total. The van der Waals surface area contributed by atoms with Crippen LogP contribution in [-0.2, 0) is 6.42 Å². The number of nitrogens with zero attached hydrogens (tertiary/aromatic N) is 2. The number of thiophene rings is 1. The molecule has 0 amide bonds. The van der Waals surface area contributed by atoms with Gasteiger partial charge in [0.25, 0.3) is 0 Å². The van der Waals surface area contributed by atoms with Crippen molar-refractivity contribution in [1.29, 1.82) is 0 Å². The summed E-state index contributed by atoms with van der Waals surface area (Å²) in [5, 5.41) is 3.85. The van der Waals surface area contributed by atoms with Crippen molar-refractivity contribution in [3.8, 4) is 0 Å². The van der Waals surface area contributed by atoms with Crippen LogP contribution in [0.3, 0.4) is 0 Å². The molecule has 2 aromatic heterocycles. The third-order valence-corrected chi connectivity index (χ3v) is 3.65. The third kappa shape index (κ3) is 3.41. The van der Waals surface area contributed by atoms with E-state index in [9.17, 15) is 0 Å². The van der Waals surface area contributed by atoms with Crippen LogP contribution in [-0.4, -0.2) is 16.0 Å². The summed E-state index contributed by atoms with van der Waals surface area (Å²) in [6.07, 6.45) is 4.06. The summed E-state index contributed by atoms with van der Waals surface area (Å²) in [5.41, 5.74) is 0. The summed E-state index contributed by atoms with van der Waals surface area (Å²) in [6, 6.07) is 4.60. The lowest BCUT2D eigenvalue weighted by atomic mass is 10.2. The van der Waals surface area contributed by atoms with Crippen molar-refractivity contribution in [3.05, 3.63) is 39.4 Å². The third-order valence-electron chi connectivity index (χ3n) is 2.35. The van der Waals surface area contributed by atoms with Crippen LogP contribution < -0.4 is 5.32 Å². The van der Waals surface area contributed by atoms with Crippen LogP contribution in [0, 0.1) is 6.92 Å². The van der Waals surface area contributed by atoms with Crippen LogP contribution in [0.4, 0.5) is 5.82 Å². The van der Waals surface area contributed by atoms with E-state index in [4.69, 9.17) is 11.6 Å². The Morgan fingerprint density at radius 1 is 1.47 bits per heavy atom. The monoisotopic (exact) mass is 267 g/mol. The van der Waals surface area contributed by atoms with Crippen LogP contribution in [0.5, 0.6) is 0 Å². The maximum absolute atomic E-state index is 5.99. The summed E-state index contributed by atoms with van der Waals surface area (Å²) >= 11 is 7.82. The molecule has 2 aromatic rings. The molecule has 2 rings (SSSR count). The highest BCUT2D eigenvalue weighted by molar-refractivity contribution is 7.11. The smallest absolute Gasteiger partial charge is 0.148 e. The van der Waals surface area contributed by atoms with E-state index in [2.05, 4.69) is 41.3 Å². The fourth-order valence-corrected chi connectivity index (χ4v) is 2.78. The molecule has 0 aliphatic carbocycles. The zero-order valence-electron chi connectivity index (χ0n) is 9.77. The SMILES string of the molecule is Cc1ccc(CC(C)Nc2ncncc2Cl)s1. The van der Waals surface area contributed by atoms with Crippen LogP contribution in [0.15, 0.2) is 24.7 Å². The zero-order valence-corrected chi connectivity index (χ0v) is 11.3. The Bertz CT molecular complexity index is 498. The van der Waals surface area contributed by atoms with Crippen LogP contribution in [0.1, 0.15) is 16.7 Å². The summed E-state index contributed by atoms with van der Waals surface area (Å²) in [6.45, 7) is 4.24. The number of aryl methyl sites for hydroxylation is 1. The number of aromatic nitrogens is 2. The minimum absolute atomic E-state index is 0.292. The molecule has 0 aromatic carbocycles. The molecule has 1 unspecified atom stereocenters. The van der Waals surface area contributed by atoms with Crippen molar-refractivity contribution in [2.75, 3.05) is 5.32 Å². The molecule has 0 aliphatic rings. The van der Waals surface area contributed by atoms with Gasteiger partial charge in [-0.05, 0) is 26.0 Å². The van der Waals surface area contributed by atoms with Gasteiger partial charge >= 0.3 is 0 Å². The number of hydrogen-bond donors (Lipinski definition) is 1. The minimum Gasteiger partial charge on any atom is -0.366 e. The Kier molecular flexibility index (Phi) is 3.97. The van der Waals surface area contributed by atoms with E-state index in [1.807, 2.05) is 11.3 Å². The molecule has 17 heavy (non-hydrogen) atoms. The molecule has 0 aliphatic heterocycles. The van der Waals surface area contributed by atoms with Gasteiger partial charge in [-0.15, -0.1) is 11.3 Å². The Labute approximate surface area is 110 Å². The second-order valence-corrected chi connectivity index (χ2v) is 5.76. The molecule has 0 spiro atoms. The average Bonchev–Trinajstić information content (AvgIpc) is 2.67. The fourth-order valence-electron chi connectivity index (χ4n) is 1.60. The maximum Gasteiger partial charge on any atom is 0.148 e. The molecule has 0 fully saturated rings. The van der Waals surface area contributed by atoms with Crippen molar-refractivity contribution in [1.82, 2.24) is 9.97 Å². The number of nitrogens with one attached hydrogen (secondary N) is 1. The van der Waals surface area contributed by atoms with Gasteiger partial charge in [-0.1, -0.05) is 11.6 Å². The van der Waals surface area contributed by atoms with Gasteiger partial charge < -0.3 is 5.32 Å². The molecule has 0 saturated carbocycles. The van der Waals surface area contributed by atoms with Crippen molar-refractivity contribution in [3.63, 3.8) is 0 Å².